The molecule has 0 saturated heterocycles. The van der Waals surface area contributed by atoms with Crippen molar-refractivity contribution in [2.75, 3.05) is 0 Å². The van der Waals surface area contributed by atoms with Crippen molar-refractivity contribution in [1.29, 1.82) is 0 Å². The van der Waals surface area contributed by atoms with E-state index < -0.39 is 0 Å². The molecule has 0 unspecified atom stereocenters. The van der Waals surface area contributed by atoms with Gasteiger partial charge in [-0.15, -0.1) is 0 Å². The summed E-state index contributed by atoms with van der Waals surface area (Å²) >= 11 is 0. The summed E-state index contributed by atoms with van der Waals surface area (Å²) in [5.74, 6) is 0. The Morgan fingerprint density at radius 2 is 0.731 bits per heavy atom. The number of pyridine rings is 2. The number of hydrogen-bond donors (Lipinski definition) is 2. The van der Waals surface area contributed by atoms with Gasteiger partial charge in [0.2, 0.25) is 11.1 Å². The molecule has 2 rings (SSSR count). The van der Waals surface area contributed by atoms with E-state index in [0.717, 1.165) is 11.4 Å². The van der Waals surface area contributed by atoms with Gasteiger partial charge in [0.1, 0.15) is 0 Å². The Kier molecular flexibility index (Phi) is 85.3. The minimum absolute atomic E-state index is 0. The van der Waals surface area contributed by atoms with Gasteiger partial charge in [0.15, 0.2) is 0 Å². The van der Waals surface area contributed by atoms with Gasteiger partial charge in [0, 0.05) is 23.5 Å². The van der Waals surface area contributed by atoms with Crippen LogP contribution in [0.15, 0.2) is 46.0 Å². The highest BCUT2D eigenvalue weighted by Crippen LogP contribution is 1.82. The third-order valence-corrected chi connectivity index (χ3v) is 1.83. The van der Waals surface area contributed by atoms with E-state index in [0.29, 0.717) is 0 Å². The molecule has 14 heteroatoms. The molecular weight excluding hydrogens is 364 g/mol. The third kappa shape index (κ3) is 29.5. The van der Waals surface area contributed by atoms with Gasteiger partial charge in [-0.2, -0.15) is 0 Å². The molecule has 2 aromatic heterocycles. The zero-order chi connectivity index (χ0) is 12.0. The average molecular weight is 398 g/mol. The summed E-state index contributed by atoms with van der Waals surface area (Å²) in [6, 6.07) is 10.1. The van der Waals surface area contributed by atoms with Gasteiger partial charge < -0.3 is 64.7 Å². The topological polar surface area (TPSA) is 381 Å². The quantitative estimate of drug-likeness (QED) is 0.436. The number of H-pyrrole nitrogens is 2. The first-order valence-corrected chi connectivity index (χ1v) is 4.90. The van der Waals surface area contributed by atoms with Crippen LogP contribution in [-0.4, -0.2) is 64.7 Å². The van der Waals surface area contributed by atoms with Crippen LogP contribution in [-0.2, 0) is 0 Å². The van der Waals surface area contributed by atoms with Crippen LogP contribution >= 0.6 is 0 Å². The number of rotatable bonds is 0. The van der Waals surface area contributed by atoms with E-state index in [9.17, 15) is 9.59 Å². The molecule has 164 valence electrons. The zero-order valence-corrected chi connectivity index (χ0v) is 14.3. The second-order valence-electron chi connectivity index (χ2n) is 3.40. The fraction of sp³-hybridized carbons (Fsp3) is 0.167. The SMILES string of the molecule is Cc1cccc(=O)[nH]1.Cc1cccc(=O)[nH]1.O.O.O.O.O.O.O.O.O.O. The van der Waals surface area contributed by atoms with Crippen LogP contribution in [0.3, 0.4) is 0 Å². The molecule has 0 aliphatic rings. The zero-order valence-electron chi connectivity index (χ0n) is 14.3. The summed E-state index contributed by atoms with van der Waals surface area (Å²) in [7, 11) is 0. The van der Waals surface area contributed by atoms with Gasteiger partial charge >= 0.3 is 0 Å². The van der Waals surface area contributed by atoms with Crippen LogP contribution < -0.4 is 11.1 Å². The number of aromatic amines is 2. The predicted molar refractivity (Wildman–Crippen MR) is 99.7 cm³/mol. The van der Waals surface area contributed by atoms with Crippen LogP contribution in [0.2, 0.25) is 0 Å². The van der Waals surface area contributed by atoms with Crippen LogP contribution in [0.25, 0.3) is 0 Å². The van der Waals surface area contributed by atoms with E-state index in [1.54, 1.807) is 12.1 Å². The lowest BCUT2D eigenvalue weighted by atomic mass is 10.4. The monoisotopic (exact) mass is 398 g/mol. The maximum Gasteiger partial charge on any atom is 0.248 e. The van der Waals surface area contributed by atoms with Crippen molar-refractivity contribution in [3.63, 3.8) is 0 Å². The second kappa shape index (κ2) is 34.0. The van der Waals surface area contributed by atoms with Crippen molar-refractivity contribution in [2.24, 2.45) is 0 Å². The summed E-state index contributed by atoms with van der Waals surface area (Å²) < 4.78 is 0. The Hall–Kier alpha value is -2.50. The standard InChI is InChI=1S/2C6H7NO.10H2O/c2*1-5-3-2-4-6(8)7-5;;;;;;;;;;/h2*2-4H,1H3,(H,7,8);10*1H2. The Balaban J connectivity index is -0.0000000178. The van der Waals surface area contributed by atoms with Crippen LogP contribution in [0.1, 0.15) is 11.4 Å². The minimum Gasteiger partial charge on any atom is -0.412 e. The van der Waals surface area contributed by atoms with E-state index >= 15 is 0 Å². The summed E-state index contributed by atoms with van der Waals surface area (Å²) in [4.78, 5) is 26.1. The van der Waals surface area contributed by atoms with Crippen LogP contribution in [0.5, 0.6) is 0 Å². The van der Waals surface area contributed by atoms with Gasteiger partial charge in [-0.25, -0.2) is 0 Å². The Morgan fingerprint density at radius 3 is 0.846 bits per heavy atom. The molecule has 0 aliphatic heterocycles. The van der Waals surface area contributed by atoms with E-state index in [1.807, 2.05) is 26.0 Å². The van der Waals surface area contributed by atoms with Gasteiger partial charge in [-0.1, -0.05) is 12.1 Å². The summed E-state index contributed by atoms with van der Waals surface area (Å²) in [5, 5.41) is 0. The minimum atomic E-state index is -0.0370. The molecule has 0 radical (unpaired) electrons. The molecule has 0 bridgehead atoms. The Labute approximate surface area is 148 Å². The van der Waals surface area contributed by atoms with Crippen LogP contribution in [0.4, 0.5) is 0 Å². The first-order chi connectivity index (χ1) is 7.58. The maximum absolute atomic E-state index is 10.4. The molecule has 0 aliphatic carbocycles. The first kappa shape index (κ1) is 65.3. The molecule has 26 heavy (non-hydrogen) atoms. The Morgan fingerprint density at radius 1 is 0.500 bits per heavy atom. The number of hydrogen-bond acceptors (Lipinski definition) is 2. The molecule has 0 fully saturated rings. The van der Waals surface area contributed by atoms with Gasteiger partial charge in [-0.05, 0) is 26.0 Å². The average Bonchev–Trinajstić information content (AvgIpc) is 2.17. The first-order valence-electron chi connectivity index (χ1n) is 4.90. The van der Waals surface area contributed by atoms with E-state index in [-0.39, 0.29) is 65.9 Å². The molecule has 0 amide bonds. The molecule has 0 spiro atoms. The van der Waals surface area contributed by atoms with Gasteiger partial charge in [-0.3, -0.25) is 9.59 Å². The van der Waals surface area contributed by atoms with Gasteiger partial charge in [0.05, 0.1) is 0 Å². The lowest BCUT2D eigenvalue weighted by Gasteiger charge is -1.84. The smallest absolute Gasteiger partial charge is 0.248 e. The molecule has 0 saturated carbocycles. The molecular formula is C12H34N2O12. The van der Waals surface area contributed by atoms with Crippen molar-refractivity contribution >= 4 is 0 Å². The summed E-state index contributed by atoms with van der Waals surface area (Å²) in [6.45, 7) is 3.70. The van der Waals surface area contributed by atoms with E-state index in [4.69, 9.17) is 0 Å². The van der Waals surface area contributed by atoms with Crippen molar-refractivity contribution in [3.8, 4) is 0 Å². The number of aromatic nitrogens is 2. The highest BCUT2D eigenvalue weighted by atomic mass is 16.1. The number of nitrogens with one attached hydrogen (secondary N) is 2. The molecule has 22 N–H and O–H groups in total. The fourth-order valence-corrected chi connectivity index (χ4v) is 1.12. The normalized spacial score (nSPS) is 5.62. The van der Waals surface area contributed by atoms with Crippen molar-refractivity contribution < 1.29 is 54.8 Å². The lowest BCUT2D eigenvalue weighted by Crippen LogP contribution is -2.02. The molecule has 2 aromatic rings. The number of aryl methyl sites for hydroxylation is 2. The lowest BCUT2D eigenvalue weighted by molar-refractivity contribution is 0.823. The van der Waals surface area contributed by atoms with E-state index in [2.05, 4.69) is 9.97 Å². The predicted octanol–water partition coefficient (Wildman–Crippen LogP) is -6.88. The van der Waals surface area contributed by atoms with Crippen molar-refractivity contribution in [1.82, 2.24) is 9.97 Å². The highest BCUT2D eigenvalue weighted by Gasteiger charge is 1.79. The highest BCUT2D eigenvalue weighted by molar-refractivity contribution is 5.01. The molecule has 14 nitrogen and oxygen atoms in total. The molecule has 2 heterocycles. The largest absolute Gasteiger partial charge is 0.412 e. The van der Waals surface area contributed by atoms with Crippen LogP contribution in [0, 0.1) is 13.8 Å². The maximum atomic E-state index is 10.4. The summed E-state index contributed by atoms with van der Waals surface area (Å²) in [6.07, 6.45) is 0. The third-order valence-electron chi connectivity index (χ3n) is 1.83. The molecule has 0 aromatic carbocycles. The fourth-order valence-electron chi connectivity index (χ4n) is 1.12. The van der Waals surface area contributed by atoms with Crippen molar-refractivity contribution in [2.45, 2.75) is 13.8 Å². The van der Waals surface area contributed by atoms with E-state index in [1.165, 1.54) is 12.1 Å². The second-order valence-corrected chi connectivity index (χ2v) is 3.40. The molecule has 0 atom stereocenters. The Bertz CT molecular complexity index is 521. The summed E-state index contributed by atoms with van der Waals surface area (Å²) in [5.41, 5.74) is 1.73. The van der Waals surface area contributed by atoms with Crippen molar-refractivity contribution in [3.05, 3.63) is 68.5 Å². The van der Waals surface area contributed by atoms with Gasteiger partial charge in [0.25, 0.3) is 0 Å².